The number of hydrogen-bond acceptors (Lipinski definition) is 3. The van der Waals surface area contributed by atoms with Gasteiger partial charge in [-0.15, -0.1) is 0 Å². The Bertz CT molecular complexity index is 312. The van der Waals surface area contributed by atoms with Gasteiger partial charge in [0.05, 0.1) is 0 Å². The van der Waals surface area contributed by atoms with Gasteiger partial charge in [0, 0.05) is 0 Å². The molecule has 0 aromatic rings. The van der Waals surface area contributed by atoms with Gasteiger partial charge in [0.25, 0.3) is 0 Å². The van der Waals surface area contributed by atoms with Crippen molar-refractivity contribution in [2.24, 2.45) is 5.92 Å². The van der Waals surface area contributed by atoms with E-state index in [1.807, 2.05) is 0 Å². The molecule has 1 N–H and O–H groups in total. The highest BCUT2D eigenvalue weighted by atomic mass is 17.2. The van der Waals surface area contributed by atoms with Crippen LogP contribution in [-0.4, -0.2) is 17.7 Å². The highest BCUT2D eigenvalue weighted by Gasteiger charge is 2.26. The summed E-state index contributed by atoms with van der Waals surface area (Å²) in [7, 11) is 0. The van der Waals surface area contributed by atoms with Crippen molar-refractivity contribution in [2.75, 3.05) is 6.61 Å². The van der Waals surface area contributed by atoms with Crippen LogP contribution in [0.2, 0.25) is 0 Å². The minimum absolute atomic E-state index is 0.358. The molecule has 0 saturated carbocycles. The lowest BCUT2D eigenvalue weighted by molar-refractivity contribution is -0.240. The zero-order chi connectivity index (χ0) is 15.3. The van der Waals surface area contributed by atoms with Gasteiger partial charge in [-0.1, -0.05) is 71.1 Å². The highest BCUT2D eigenvalue weighted by Crippen LogP contribution is 2.24. The number of carboxylic acids is 1. The maximum absolute atomic E-state index is 11.2. The van der Waals surface area contributed by atoms with Crippen molar-refractivity contribution < 1.29 is 19.7 Å². The number of hydrogen-bond donors (Lipinski definition) is 1. The fraction of sp³-hybridized carbons (Fsp3) is 0.824. The minimum Gasteiger partial charge on any atom is -0.481 e. The third-order valence-electron chi connectivity index (χ3n) is 4.00. The first-order valence-electron chi connectivity index (χ1n) is 8.48. The molecule has 1 unspecified atom stereocenters. The lowest BCUT2D eigenvalue weighted by atomic mass is 9.98. The maximum Gasteiger partial charge on any atom is 0.314 e. The van der Waals surface area contributed by atoms with Crippen LogP contribution in [0.5, 0.6) is 0 Å². The molecule has 0 aromatic carbocycles. The number of rotatable bonds is 13. The average Bonchev–Trinajstić information content (AvgIpc) is 2.98. The molecule has 0 aliphatic carbocycles. The predicted octanol–water partition coefficient (Wildman–Crippen LogP) is 4.84. The summed E-state index contributed by atoms with van der Waals surface area (Å²) in [4.78, 5) is 20.8. The van der Waals surface area contributed by atoms with E-state index in [1.165, 1.54) is 51.4 Å². The van der Waals surface area contributed by atoms with E-state index < -0.39 is 11.9 Å². The first kappa shape index (κ1) is 18.0. The first-order valence-corrected chi connectivity index (χ1v) is 8.48. The Morgan fingerprint density at radius 2 is 1.67 bits per heavy atom. The largest absolute Gasteiger partial charge is 0.481 e. The standard InChI is InChI=1S/C17H30O4/c1-2-3-4-5-6-7-8-9-10-11-12-15(17(18)19)16-13-14-20-21-16/h13,15H,2-12,14H2,1H3,(H,18,19). The second-order valence-electron chi connectivity index (χ2n) is 5.84. The molecule has 1 heterocycles. The van der Waals surface area contributed by atoms with Crippen LogP contribution in [0.3, 0.4) is 0 Å². The minimum atomic E-state index is -0.817. The van der Waals surface area contributed by atoms with E-state index >= 15 is 0 Å². The zero-order valence-corrected chi connectivity index (χ0v) is 13.3. The second-order valence-corrected chi connectivity index (χ2v) is 5.84. The Labute approximate surface area is 128 Å². The summed E-state index contributed by atoms with van der Waals surface area (Å²) in [6.07, 6.45) is 14.9. The van der Waals surface area contributed by atoms with E-state index in [2.05, 4.69) is 6.92 Å². The van der Waals surface area contributed by atoms with E-state index in [-0.39, 0.29) is 0 Å². The predicted molar refractivity (Wildman–Crippen MR) is 82.7 cm³/mol. The molecule has 122 valence electrons. The summed E-state index contributed by atoms with van der Waals surface area (Å²) in [6.45, 7) is 2.60. The number of carboxylic acid groups (broad SMARTS) is 1. The molecule has 0 radical (unpaired) electrons. The molecule has 4 nitrogen and oxygen atoms in total. The van der Waals surface area contributed by atoms with Crippen LogP contribution >= 0.6 is 0 Å². The molecule has 21 heavy (non-hydrogen) atoms. The van der Waals surface area contributed by atoms with Gasteiger partial charge in [-0.3, -0.25) is 4.79 Å². The van der Waals surface area contributed by atoms with Crippen molar-refractivity contribution >= 4 is 5.97 Å². The second kappa shape index (κ2) is 11.6. The van der Waals surface area contributed by atoms with Crippen LogP contribution in [0, 0.1) is 5.92 Å². The smallest absolute Gasteiger partial charge is 0.314 e. The van der Waals surface area contributed by atoms with Gasteiger partial charge < -0.3 is 9.99 Å². The van der Waals surface area contributed by atoms with E-state index in [1.54, 1.807) is 6.08 Å². The number of unbranched alkanes of at least 4 members (excludes halogenated alkanes) is 9. The average molecular weight is 298 g/mol. The quantitative estimate of drug-likeness (QED) is 0.390. The fourth-order valence-corrected chi connectivity index (χ4v) is 2.68. The van der Waals surface area contributed by atoms with Crippen LogP contribution in [-0.2, 0) is 14.6 Å². The lowest BCUT2D eigenvalue weighted by Gasteiger charge is -2.11. The molecule has 0 saturated heterocycles. The van der Waals surface area contributed by atoms with Crippen molar-refractivity contribution in [1.29, 1.82) is 0 Å². The van der Waals surface area contributed by atoms with Crippen LogP contribution in [0.25, 0.3) is 0 Å². The van der Waals surface area contributed by atoms with E-state index in [0.29, 0.717) is 18.8 Å². The van der Waals surface area contributed by atoms with E-state index in [4.69, 9.17) is 9.78 Å². The third-order valence-corrected chi connectivity index (χ3v) is 4.00. The first-order chi connectivity index (χ1) is 10.3. The van der Waals surface area contributed by atoms with Crippen molar-refractivity contribution in [3.63, 3.8) is 0 Å². The molecule has 0 aromatic heterocycles. The molecular weight excluding hydrogens is 268 g/mol. The summed E-state index contributed by atoms with van der Waals surface area (Å²) in [5.41, 5.74) is 0. The Morgan fingerprint density at radius 3 is 2.14 bits per heavy atom. The molecule has 0 fully saturated rings. The van der Waals surface area contributed by atoms with Crippen LogP contribution < -0.4 is 0 Å². The Morgan fingerprint density at radius 1 is 1.10 bits per heavy atom. The van der Waals surface area contributed by atoms with Gasteiger partial charge in [0.2, 0.25) is 0 Å². The molecule has 0 amide bonds. The summed E-state index contributed by atoms with van der Waals surface area (Å²) >= 11 is 0. The highest BCUT2D eigenvalue weighted by molar-refractivity contribution is 5.73. The molecule has 0 bridgehead atoms. The van der Waals surface area contributed by atoms with Crippen molar-refractivity contribution in [1.82, 2.24) is 0 Å². The number of aliphatic carboxylic acids is 1. The normalized spacial score (nSPS) is 15.6. The summed E-state index contributed by atoms with van der Waals surface area (Å²) in [6, 6.07) is 0. The van der Waals surface area contributed by atoms with Gasteiger partial charge in [-0.05, 0) is 12.5 Å². The molecule has 1 aliphatic rings. The molecular formula is C17H30O4. The summed E-state index contributed by atoms with van der Waals surface area (Å²) in [5, 5.41) is 9.20. The van der Waals surface area contributed by atoms with Gasteiger partial charge in [-0.25, -0.2) is 0 Å². The van der Waals surface area contributed by atoms with Gasteiger partial charge in [-0.2, -0.15) is 4.89 Å². The molecule has 1 aliphatic heterocycles. The van der Waals surface area contributed by atoms with Gasteiger partial charge in [0.15, 0.2) is 5.76 Å². The lowest BCUT2D eigenvalue weighted by Crippen LogP contribution is -2.16. The molecule has 1 atom stereocenters. The third kappa shape index (κ3) is 8.10. The SMILES string of the molecule is CCCCCCCCCCCCC(C(=O)O)C1=CCOO1. The van der Waals surface area contributed by atoms with Crippen LogP contribution in [0.4, 0.5) is 0 Å². The maximum atomic E-state index is 11.2. The molecule has 0 spiro atoms. The number of carbonyl (C=O) groups is 1. The molecule has 4 heteroatoms. The van der Waals surface area contributed by atoms with Crippen molar-refractivity contribution in [2.45, 2.75) is 77.6 Å². The van der Waals surface area contributed by atoms with E-state index in [0.717, 1.165) is 12.8 Å². The van der Waals surface area contributed by atoms with Crippen molar-refractivity contribution in [3.8, 4) is 0 Å². The Kier molecular flexibility index (Phi) is 9.96. The Balaban J connectivity index is 1.98. The fourth-order valence-electron chi connectivity index (χ4n) is 2.68. The zero-order valence-electron chi connectivity index (χ0n) is 13.3. The van der Waals surface area contributed by atoms with Gasteiger partial charge in [0.1, 0.15) is 12.5 Å². The summed E-state index contributed by atoms with van der Waals surface area (Å²) < 4.78 is 0. The summed E-state index contributed by atoms with van der Waals surface area (Å²) in [5.74, 6) is -0.886. The van der Waals surface area contributed by atoms with Crippen molar-refractivity contribution in [3.05, 3.63) is 11.8 Å². The topological polar surface area (TPSA) is 55.8 Å². The monoisotopic (exact) mass is 298 g/mol. The van der Waals surface area contributed by atoms with Gasteiger partial charge >= 0.3 is 5.97 Å². The Hall–Kier alpha value is -1.03. The molecule has 1 rings (SSSR count). The van der Waals surface area contributed by atoms with Crippen LogP contribution in [0.1, 0.15) is 77.6 Å². The van der Waals surface area contributed by atoms with E-state index in [9.17, 15) is 9.90 Å². The van der Waals surface area contributed by atoms with Crippen LogP contribution in [0.15, 0.2) is 11.8 Å².